The Kier molecular flexibility index (Phi) is 11.6. The maximum Gasteiger partial charge on any atom is 0.220 e. The highest BCUT2D eigenvalue weighted by Crippen LogP contribution is 2.42. The van der Waals surface area contributed by atoms with Crippen LogP contribution in [0.3, 0.4) is 0 Å². The minimum Gasteiger partial charge on any atom is -0.481 e. The van der Waals surface area contributed by atoms with Gasteiger partial charge in [-0.2, -0.15) is 0 Å². The number of aliphatic hydroxyl groups excluding tert-OH is 1. The van der Waals surface area contributed by atoms with E-state index in [9.17, 15) is 9.90 Å². The number of nitrogens with one attached hydrogen (secondary N) is 3. The lowest BCUT2D eigenvalue weighted by molar-refractivity contribution is -0.119. The molecule has 2 saturated heterocycles. The molecule has 49 heavy (non-hydrogen) atoms. The SMILES string of the molecule is COc1nc(-c2cccc(-c3cccc(Nc4nccc(CN5CCN(CCO)CC5)c4F)c3Cl)c2Cl)ccc1CNC[C@@H]1CCC(=O)N1. The first-order valence-corrected chi connectivity index (χ1v) is 17.2. The standard InChI is InChI=1S/C36H40Cl2FN7O3/c1-49-36-23(20-40-21-25-9-11-31(48)42-25)8-10-29(44-36)28-6-2-4-26(32(28)37)27-5-3-7-30(33(27)38)43-35-34(39)24(12-13-41-35)22-46-16-14-45(15-17-46)18-19-47/h2-8,10,12-13,25,40,47H,9,11,14-22H2,1H3,(H,41,43)(H,42,48)/t25-/m0/s1. The van der Waals surface area contributed by atoms with Crippen LogP contribution in [0.15, 0.2) is 60.8 Å². The number of aromatic nitrogens is 2. The third-order valence-corrected chi connectivity index (χ3v) is 9.80. The highest BCUT2D eigenvalue weighted by molar-refractivity contribution is 6.39. The molecule has 258 valence electrons. The summed E-state index contributed by atoms with van der Waals surface area (Å²) in [6, 6.07) is 16.8. The number of amides is 1. The van der Waals surface area contributed by atoms with Crippen molar-refractivity contribution in [3.05, 3.63) is 87.8 Å². The van der Waals surface area contributed by atoms with E-state index in [2.05, 4.69) is 30.7 Å². The molecule has 2 aromatic carbocycles. The first kappa shape index (κ1) is 35.0. The Morgan fingerprint density at radius 2 is 1.71 bits per heavy atom. The maximum absolute atomic E-state index is 15.7. The largest absolute Gasteiger partial charge is 0.481 e. The lowest BCUT2D eigenvalue weighted by atomic mass is 10.00. The van der Waals surface area contributed by atoms with Crippen molar-refractivity contribution in [2.75, 3.05) is 58.3 Å². The van der Waals surface area contributed by atoms with E-state index in [1.54, 1.807) is 25.4 Å². The highest BCUT2D eigenvalue weighted by atomic mass is 35.5. The summed E-state index contributed by atoms with van der Waals surface area (Å²) >= 11 is 14.0. The summed E-state index contributed by atoms with van der Waals surface area (Å²) in [5, 5.41) is 19.5. The molecule has 1 amide bonds. The molecule has 0 radical (unpaired) electrons. The molecular weight excluding hydrogens is 668 g/mol. The Labute approximate surface area is 295 Å². The number of anilines is 2. The molecular formula is C36H40Cl2FN7O3. The molecule has 2 aliphatic heterocycles. The molecule has 2 aromatic heterocycles. The summed E-state index contributed by atoms with van der Waals surface area (Å²) in [6.45, 7) is 5.71. The van der Waals surface area contributed by atoms with Gasteiger partial charge in [0.05, 0.1) is 35.1 Å². The number of pyridine rings is 2. The zero-order valence-corrected chi connectivity index (χ0v) is 28.8. The Bertz CT molecular complexity index is 1790. The Morgan fingerprint density at radius 1 is 0.980 bits per heavy atom. The van der Waals surface area contributed by atoms with Gasteiger partial charge in [0.1, 0.15) is 0 Å². The summed E-state index contributed by atoms with van der Waals surface area (Å²) in [4.78, 5) is 24.9. The number of carbonyl (C=O) groups excluding carboxylic acids is 1. The van der Waals surface area contributed by atoms with Gasteiger partial charge in [0, 0.05) is 98.8 Å². The van der Waals surface area contributed by atoms with E-state index in [-0.39, 0.29) is 24.4 Å². The van der Waals surface area contributed by atoms with Crippen molar-refractivity contribution in [3.8, 4) is 28.3 Å². The number of ether oxygens (including phenoxy) is 1. The topological polar surface area (TPSA) is 115 Å². The fourth-order valence-corrected chi connectivity index (χ4v) is 6.89. The molecule has 13 heteroatoms. The van der Waals surface area contributed by atoms with Gasteiger partial charge in [0.25, 0.3) is 0 Å². The van der Waals surface area contributed by atoms with Crippen LogP contribution in [0.4, 0.5) is 15.9 Å². The first-order chi connectivity index (χ1) is 23.8. The van der Waals surface area contributed by atoms with Gasteiger partial charge in [0.15, 0.2) is 11.6 Å². The number of benzene rings is 2. The van der Waals surface area contributed by atoms with Crippen LogP contribution >= 0.6 is 23.2 Å². The predicted octanol–water partition coefficient (Wildman–Crippen LogP) is 5.49. The van der Waals surface area contributed by atoms with Crippen molar-refractivity contribution in [3.63, 3.8) is 0 Å². The van der Waals surface area contributed by atoms with Gasteiger partial charge in [-0.15, -0.1) is 0 Å². The van der Waals surface area contributed by atoms with Crippen LogP contribution in [-0.4, -0.2) is 89.8 Å². The van der Waals surface area contributed by atoms with Crippen LogP contribution in [0.2, 0.25) is 10.0 Å². The number of hydrogen-bond donors (Lipinski definition) is 4. The van der Waals surface area contributed by atoms with Crippen molar-refractivity contribution >= 4 is 40.6 Å². The normalized spacial score (nSPS) is 16.9. The minimum atomic E-state index is -0.425. The third kappa shape index (κ3) is 8.31. The van der Waals surface area contributed by atoms with Gasteiger partial charge in [0.2, 0.25) is 11.8 Å². The van der Waals surface area contributed by atoms with Crippen LogP contribution in [-0.2, 0) is 17.9 Å². The second-order valence-corrected chi connectivity index (χ2v) is 13.0. The molecule has 4 heterocycles. The van der Waals surface area contributed by atoms with Gasteiger partial charge in [-0.05, 0) is 24.6 Å². The monoisotopic (exact) mass is 707 g/mol. The molecule has 0 bridgehead atoms. The molecule has 0 aliphatic carbocycles. The average Bonchev–Trinajstić information content (AvgIpc) is 3.53. The van der Waals surface area contributed by atoms with Crippen molar-refractivity contribution in [2.24, 2.45) is 0 Å². The number of aliphatic hydroxyl groups is 1. The van der Waals surface area contributed by atoms with E-state index in [1.807, 2.05) is 42.5 Å². The molecule has 0 unspecified atom stereocenters. The lowest BCUT2D eigenvalue weighted by Crippen LogP contribution is -2.46. The number of methoxy groups -OCH3 is 1. The smallest absolute Gasteiger partial charge is 0.220 e. The maximum atomic E-state index is 15.7. The van der Waals surface area contributed by atoms with Crippen molar-refractivity contribution in [1.82, 2.24) is 30.4 Å². The molecule has 4 aromatic rings. The summed E-state index contributed by atoms with van der Waals surface area (Å²) in [5.41, 5.74) is 4.63. The third-order valence-electron chi connectivity index (χ3n) is 8.98. The number of carbonyl (C=O) groups is 1. The quantitative estimate of drug-likeness (QED) is 0.143. The molecule has 0 saturated carbocycles. The molecule has 2 fully saturated rings. The Balaban J connectivity index is 1.18. The van der Waals surface area contributed by atoms with E-state index in [1.165, 1.54) is 0 Å². The first-order valence-electron chi connectivity index (χ1n) is 16.4. The molecule has 6 rings (SSSR count). The zero-order valence-electron chi connectivity index (χ0n) is 27.3. The second kappa shape index (κ2) is 16.2. The summed E-state index contributed by atoms with van der Waals surface area (Å²) in [6.07, 6.45) is 2.98. The zero-order chi connectivity index (χ0) is 34.3. The average molecular weight is 709 g/mol. The van der Waals surface area contributed by atoms with E-state index >= 15 is 4.39 Å². The van der Waals surface area contributed by atoms with Crippen LogP contribution in [0.1, 0.15) is 24.0 Å². The summed E-state index contributed by atoms with van der Waals surface area (Å²) in [5.74, 6) is 0.235. The molecule has 4 N–H and O–H groups in total. The Morgan fingerprint density at radius 3 is 2.45 bits per heavy atom. The van der Waals surface area contributed by atoms with Crippen LogP contribution in [0, 0.1) is 5.82 Å². The van der Waals surface area contributed by atoms with E-state index < -0.39 is 5.82 Å². The van der Waals surface area contributed by atoms with Gasteiger partial charge in [-0.25, -0.2) is 14.4 Å². The highest BCUT2D eigenvalue weighted by Gasteiger charge is 2.22. The summed E-state index contributed by atoms with van der Waals surface area (Å²) in [7, 11) is 1.58. The van der Waals surface area contributed by atoms with Gasteiger partial charge in [-0.1, -0.05) is 59.6 Å². The number of halogens is 3. The molecule has 2 aliphatic rings. The van der Waals surface area contributed by atoms with Crippen molar-refractivity contribution in [1.29, 1.82) is 0 Å². The number of β-amino-alcohol motifs (C(OH)–C–C–N with tert-alkyl or cyclic N) is 1. The summed E-state index contributed by atoms with van der Waals surface area (Å²) < 4.78 is 21.3. The van der Waals surface area contributed by atoms with Gasteiger partial charge >= 0.3 is 0 Å². The van der Waals surface area contributed by atoms with E-state index in [4.69, 9.17) is 32.9 Å². The fourth-order valence-electron chi connectivity index (χ4n) is 6.29. The number of nitrogens with zero attached hydrogens (tertiary/aromatic N) is 4. The van der Waals surface area contributed by atoms with Gasteiger partial charge < -0.3 is 25.8 Å². The minimum absolute atomic E-state index is 0.0896. The molecule has 0 spiro atoms. The number of piperazine rings is 1. The lowest BCUT2D eigenvalue weighted by Gasteiger charge is -2.34. The fraction of sp³-hybridized carbons (Fsp3) is 0.361. The Hall–Kier alpha value is -3.84. The van der Waals surface area contributed by atoms with Crippen molar-refractivity contribution < 1.29 is 19.0 Å². The molecule has 1 atom stereocenters. The molecule has 10 nitrogen and oxygen atoms in total. The number of hydrogen-bond acceptors (Lipinski definition) is 9. The van der Waals surface area contributed by atoms with Crippen LogP contribution in [0.25, 0.3) is 22.4 Å². The predicted molar refractivity (Wildman–Crippen MR) is 191 cm³/mol. The van der Waals surface area contributed by atoms with Crippen LogP contribution < -0.4 is 20.7 Å². The van der Waals surface area contributed by atoms with E-state index in [0.29, 0.717) is 82.2 Å². The van der Waals surface area contributed by atoms with E-state index in [0.717, 1.165) is 38.2 Å². The van der Waals surface area contributed by atoms with Crippen LogP contribution in [0.5, 0.6) is 5.88 Å². The van der Waals surface area contributed by atoms with Gasteiger partial charge in [-0.3, -0.25) is 14.6 Å². The number of rotatable bonds is 13. The second-order valence-electron chi connectivity index (χ2n) is 12.2. The van der Waals surface area contributed by atoms with Crippen molar-refractivity contribution in [2.45, 2.75) is 32.0 Å².